The van der Waals surface area contributed by atoms with E-state index in [-0.39, 0.29) is 17.9 Å². The lowest BCUT2D eigenvalue weighted by molar-refractivity contribution is -0.141. The third-order valence-corrected chi connectivity index (χ3v) is 6.43. The van der Waals surface area contributed by atoms with Crippen molar-refractivity contribution in [1.82, 2.24) is 15.1 Å². The van der Waals surface area contributed by atoms with Gasteiger partial charge in [-0.05, 0) is 56.2 Å². The fourth-order valence-corrected chi connectivity index (χ4v) is 4.54. The number of carbonyl (C=O) groups is 2. The summed E-state index contributed by atoms with van der Waals surface area (Å²) in [7, 11) is 0. The number of amides is 2. The van der Waals surface area contributed by atoms with Gasteiger partial charge in [0, 0.05) is 38.5 Å². The van der Waals surface area contributed by atoms with Crippen LogP contribution in [-0.2, 0) is 9.59 Å². The largest absolute Gasteiger partial charge is 0.487 e. The maximum atomic E-state index is 12.8. The number of carbonyl (C=O) groups excluding carboxylic acids is 2. The first-order valence-electron chi connectivity index (χ1n) is 11.0. The Morgan fingerprint density at radius 1 is 1.14 bits per heavy atom. The molecule has 3 aliphatic rings. The van der Waals surface area contributed by atoms with Crippen LogP contribution in [-0.4, -0.2) is 66.0 Å². The predicted molar refractivity (Wildman–Crippen MR) is 112 cm³/mol. The molecule has 6 nitrogen and oxygen atoms in total. The van der Waals surface area contributed by atoms with E-state index in [4.69, 9.17) is 4.74 Å². The number of nitrogens with zero attached hydrogens (tertiary/aromatic N) is 2. The van der Waals surface area contributed by atoms with Crippen LogP contribution in [0, 0.1) is 12.8 Å². The minimum atomic E-state index is 0.0242. The molecule has 1 N–H and O–H groups in total. The third-order valence-electron chi connectivity index (χ3n) is 6.43. The van der Waals surface area contributed by atoms with Crippen molar-refractivity contribution in [3.05, 3.63) is 29.8 Å². The first kappa shape index (κ1) is 20.2. The summed E-state index contributed by atoms with van der Waals surface area (Å²) >= 11 is 0. The van der Waals surface area contributed by atoms with Gasteiger partial charge in [0.2, 0.25) is 11.8 Å². The number of hydrogen-bond donors (Lipinski definition) is 1. The van der Waals surface area contributed by atoms with E-state index in [2.05, 4.69) is 23.2 Å². The van der Waals surface area contributed by atoms with Gasteiger partial charge in [0.15, 0.2) is 0 Å². The van der Waals surface area contributed by atoms with E-state index in [9.17, 15) is 9.59 Å². The molecule has 6 heteroatoms. The van der Waals surface area contributed by atoms with Crippen LogP contribution < -0.4 is 10.1 Å². The highest BCUT2D eigenvalue weighted by molar-refractivity contribution is 5.78. The fourth-order valence-electron chi connectivity index (χ4n) is 4.54. The predicted octanol–water partition coefficient (Wildman–Crippen LogP) is 2.35. The SMILES string of the molecule is CC(=O)NC[C@H]1CC[C@@H](CC(=O)N2CC(Oc3cccc(C)c3)C2)N1CC1CC1. The molecule has 3 fully saturated rings. The van der Waals surface area contributed by atoms with Crippen molar-refractivity contribution in [2.24, 2.45) is 5.92 Å². The van der Waals surface area contributed by atoms with E-state index in [1.54, 1.807) is 6.92 Å². The van der Waals surface area contributed by atoms with Gasteiger partial charge >= 0.3 is 0 Å². The molecule has 1 aromatic carbocycles. The van der Waals surface area contributed by atoms with Crippen molar-refractivity contribution in [2.75, 3.05) is 26.2 Å². The Morgan fingerprint density at radius 3 is 2.59 bits per heavy atom. The summed E-state index contributed by atoms with van der Waals surface area (Å²) in [5.74, 6) is 1.92. The van der Waals surface area contributed by atoms with Gasteiger partial charge < -0.3 is 15.0 Å². The maximum Gasteiger partial charge on any atom is 0.224 e. The summed E-state index contributed by atoms with van der Waals surface area (Å²) < 4.78 is 5.99. The molecule has 1 saturated carbocycles. The van der Waals surface area contributed by atoms with Gasteiger partial charge in [-0.2, -0.15) is 0 Å². The van der Waals surface area contributed by atoms with Crippen LogP contribution in [0.3, 0.4) is 0 Å². The molecule has 1 aromatic rings. The number of likely N-dealkylation sites (tertiary alicyclic amines) is 2. The summed E-state index contributed by atoms with van der Waals surface area (Å²) in [6.45, 7) is 6.75. The van der Waals surface area contributed by atoms with Crippen LogP contribution in [0.15, 0.2) is 24.3 Å². The highest BCUT2D eigenvalue weighted by atomic mass is 16.5. The second kappa shape index (κ2) is 8.74. The van der Waals surface area contributed by atoms with E-state index in [1.165, 1.54) is 18.4 Å². The molecule has 4 rings (SSSR count). The fraction of sp³-hybridized carbons (Fsp3) is 0.652. The molecular weight excluding hydrogens is 366 g/mol. The van der Waals surface area contributed by atoms with Crippen LogP contribution in [0.5, 0.6) is 5.75 Å². The number of aryl methyl sites for hydroxylation is 1. The number of hydrogen-bond acceptors (Lipinski definition) is 4. The van der Waals surface area contributed by atoms with E-state index < -0.39 is 0 Å². The standard InChI is InChI=1S/C23H33N3O3/c1-16-4-3-5-21(10-16)29-22-14-25(15-22)23(28)11-19-8-9-20(12-24-17(2)27)26(19)13-18-6-7-18/h3-5,10,18-20,22H,6-9,11-15H2,1-2H3,(H,24,27)/t19-,20+/m0/s1. The molecule has 2 amide bonds. The average Bonchev–Trinajstić information content (AvgIpc) is 3.38. The molecule has 0 bridgehead atoms. The number of rotatable bonds is 8. The second-order valence-electron chi connectivity index (χ2n) is 9.02. The molecule has 0 spiro atoms. The number of nitrogens with one attached hydrogen (secondary N) is 1. The van der Waals surface area contributed by atoms with Crippen LogP contribution in [0.25, 0.3) is 0 Å². The van der Waals surface area contributed by atoms with Gasteiger partial charge in [0.25, 0.3) is 0 Å². The van der Waals surface area contributed by atoms with E-state index in [0.717, 1.165) is 31.1 Å². The summed E-state index contributed by atoms with van der Waals surface area (Å²) in [5, 5.41) is 2.97. The Morgan fingerprint density at radius 2 is 1.90 bits per heavy atom. The van der Waals surface area contributed by atoms with Crippen molar-refractivity contribution < 1.29 is 14.3 Å². The Balaban J connectivity index is 1.26. The maximum absolute atomic E-state index is 12.8. The van der Waals surface area contributed by atoms with Crippen LogP contribution in [0.1, 0.15) is 44.6 Å². The topological polar surface area (TPSA) is 61.9 Å². The number of ether oxygens (including phenoxy) is 1. The average molecular weight is 400 g/mol. The highest BCUT2D eigenvalue weighted by Crippen LogP contribution is 2.35. The normalized spacial score (nSPS) is 25.0. The van der Waals surface area contributed by atoms with Gasteiger partial charge in [-0.1, -0.05) is 12.1 Å². The van der Waals surface area contributed by atoms with E-state index in [1.807, 2.05) is 23.1 Å². The Kier molecular flexibility index (Phi) is 6.09. The molecule has 158 valence electrons. The van der Waals surface area contributed by atoms with Crippen molar-refractivity contribution in [3.8, 4) is 5.75 Å². The molecule has 29 heavy (non-hydrogen) atoms. The lowest BCUT2D eigenvalue weighted by Crippen LogP contribution is -2.57. The van der Waals surface area contributed by atoms with Crippen LogP contribution in [0.2, 0.25) is 0 Å². The van der Waals surface area contributed by atoms with Gasteiger partial charge in [-0.15, -0.1) is 0 Å². The molecule has 0 aromatic heterocycles. The zero-order chi connectivity index (χ0) is 20.4. The summed E-state index contributed by atoms with van der Waals surface area (Å²) in [4.78, 5) is 28.6. The summed E-state index contributed by atoms with van der Waals surface area (Å²) in [6, 6.07) is 8.73. The smallest absolute Gasteiger partial charge is 0.224 e. The minimum Gasteiger partial charge on any atom is -0.487 e. The molecule has 2 saturated heterocycles. The van der Waals surface area contributed by atoms with Gasteiger partial charge in [-0.3, -0.25) is 14.5 Å². The van der Waals surface area contributed by atoms with Crippen molar-refractivity contribution in [1.29, 1.82) is 0 Å². The molecule has 1 aliphatic carbocycles. The van der Waals surface area contributed by atoms with Crippen molar-refractivity contribution in [3.63, 3.8) is 0 Å². The van der Waals surface area contributed by atoms with Crippen LogP contribution >= 0.6 is 0 Å². The molecule has 2 heterocycles. The van der Waals surface area contributed by atoms with E-state index >= 15 is 0 Å². The molecule has 2 atom stereocenters. The zero-order valence-corrected chi connectivity index (χ0v) is 17.6. The Bertz CT molecular complexity index is 743. The molecule has 2 aliphatic heterocycles. The lowest BCUT2D eigenvalue weighted by atomic mass is 10.1. The monoisotopic (exact) mass is 399 g/mol. The first-order chi connectivity index (χ1) is 14.0. The van der Waals surface area contributed by atoms with Crippen LogP contribution in [0.4, 0.5) is 0 Å². The molecule has 0 unspecified atom stereocenters. The quantitative estimate of drug-likeness (QED) is 0.729. The second-order valence-corrected chi connectivity index (χ2v) is 9.02. The summed E-state index contributed by atoms with van der Waals surface area (Å²) in [5.41, 5.74) is 1.18. The van der Waals surface area contributed by atoms with Gasteiger partial charge in [0.05, 0.1) is 13.1 Å². The third kappa shape index (κ3) is 5.30. The lowest BCUT2D eigenvalue weighted by Gasteiger charge is -2.40. The number of benzene rings is 1. The van der Waals surface area contributed by atoms with Gasteiger partial charge in [-0.25, -0.2) is 0 Å². The van der Waals surface area contributed by atoms with Gasteiger partial charge in [0.1, 0.15) is 11.9 Å². The molecular formula is C23H33N3O3. The van der Waals surface area contributed by atoms with Crippen molar-refractivity contribution >= 4 is 11.8 Å². The molecule has 0 radical (unpaired) electrons. The Hall–Kier alpha value is -2.08. The minimum absolute atomic E-state index is 0.0242. The van der Waals surface area contributed by atoms with E-state index in [0.29, 0.717) is 38.1 Å². The first-order valence-corrected chi connectivity index (χ1v) is 11.0. The zero-order valence-electron chi connectivity index (χ0n) is 17.6. The van der Waals surface area contributed by atoms with Crippen molar-refractivity contribution in [2.45, 2.75) is 64.1 Å². The highest BCUT2D eigenvalue weighted by Gasteiger charge is 2.40. The summed E-state index contributed by atoms with van der Waals surface area (Å²) in [6.07, 6.45) is 5.38. The Labute approximate surface area is 173 Å².